The molecule has 0 aliphatic carbocycles. The maximum absolute atomic E-state index is 8.45. The third kappa shape index (κ3) is 2.06. The molecule has 0 radical (unpaired) electrons. The molecule has 0 aliphatic rings. The van der Waals surface area contributed by atoms with Crippen molar-refractivity contribution in [1.82, 2.24) is 15.1 Å². The smallest absolute Gasteiger partial charge is 0.227 e. The normalized spacial score (nSPS) is 10.0. The summed E-state index contributed by atoms with van der Waals surface area (Å²) in [6, 6.07) is 3.88. The molecule has 80 valence electrons. The molecular weight excluding hydrogens is 204 g/mol. The first-order chi connectivity index (χ1) is 7.81. The van der Waals surface area contributed by atoms with Crippen LogP contribution >= 0.6 is 0 Å². The Morgan fingerprint density at radius 1 is 1.50 bits per heavy atom. The molecule has 0 unspecified atom stereocenters. The minimum absolute atomic E-state index is 0.386. The van der Waals surface area contributed by atoms with Crippen LogP contribution in [0.2, 0.25) is 0 Å². The van der Waals surface area contributed by atoms with Crippen LogP contribution in [-0.2, 0) is 6.42 Å². The maximum Gasteiger partial charge on any atom is 0.227 e. The molecule has 5 nitrogen and oxygen atoms in total. The quantitative estimate of drug-likeness (QED) is 0.779. The van der Waals surface area contributed by atoms with E-state index >= 15 is 0 Å². The van der Waals surface area contributed by atoms with Gasteiger partial charge in [0, 0.05) is 30.8 Å². The number of nitriles is 1. The summed E-state index contributed by atoms with van der Waals surface area (Å²) in [5.74, 6) is 1.04. The van der Waals surface area contributed by atoms with Gasteiger partial charge in [-0.1, -0.05) is 5.16 Å². The molecule has 0 aromatic carbocycles. The molecule has 2 aromatic rings. The van der Waals surface area contributed by atoms with Crippen molar-refractivity contribution in [3.05, 3.63) is 29.9 Å². The fourth-order valence-electron chi connectivity index (χ4n) is 1.35. The summed E-state index contributed by atoms with van der Waals surface area (Å²) in [6.07, 6.45) is 4.32. The molecule has 0 N–H and O–H groups in total. The molecule has 0 amide bonds. The Kier molecular flexibility index (Phi) is 2.92. The number of pyridine rings is 1. The first kappa shape index (κ1) is 10.3. The van der Waals surface area contributed by atoms with E-state index in [0.717, 1.165) is 11.1 Å². The lowest BCUT2D eigenvalue weighted by Crippen LogP contribution is -1.87. The van der Waals surface area contributed by atoms with Crippen molar-refractivity contribution in [2.24, 2.45) is 0 Å². The summed E-state index contributed by atoms with van der Waals surface area (Å²) in [6.45, 7) is 1.94. The number of aryl methyl sites for hydroxylation is 2. The number of rotatable bonds is 3. The molecule has 0 spiro atoms. The third-order valence-electron chi connectivity index (χ3n) is 2.18. The standard InChI is InChI=1S/C11H10N4O/c1-8-7-13-6-4-9(8)11-14-10(16-15-11)3-2-5-12/h4,6-7H,2-3H2,1H3. The van der Waals surface area contributed by atoms with Crippen molar-refractivity contribution in [1.29, 1.82) is 5.26 Å². The second-order valence-electron chi connectivity index (χ2n) is 3.36. The molecule has 0 saturated heterocycles. The van der Waals surface area contributed by atoms with Crippen molar-refractivity contribution in [2.45, 2.75) is 19.8 Å². The maximum atomic E-state index is 8.45. The van der Waals surface area contributed by atoms with Crippen LogP contribution in [0.1, 0.15) is 17.9 Å². The van der Waals surface area contributed by atoms with Gasteiger partial charge in [-0.3, -0.25) is 4.98 Å². The van der Waals surface area contributed by atoms with Crippen LogP contribution in [0.5, 0.6) is 0 Å². The van der Waals surface area contributed by atoms with Crippen LogP contribution in [0.25, 0.3) is 11.4 Å². The monoisotopic (exact) mass is 214 g/mol. The van der Waals surface area contributed by atoms with Gasteiger partial charge in [-0.05, 0) is 18.6 Å². The van der Waals surface area contributed by atoms with E-state index in [0.29, 0.717) is 24.6 Å². The zero-order valence-electron chi connectivity index (χ0n) is 8.84. The Bertz CT molecular complexity index is 527. The first-order valence-corrected chi connectivity index (χ1v) is 4.92. The van der Waals surface area contributed by atoms with Gasteiger partial charge in [0.25, 0.3) is 0 Å². The number of nitrogens with zero attached hydrogens (tertiary/aromatic N) is 4. The third-order valence-corrected chi connectivity index (χ3v) is 2.18. The predicted octanol–water partition coefficient (Wildman–Crippen LogP) is 1.90. The van der Waals surface area contributed by atoms with E-state index in [2.05, 4.69) is 15.1 Å². The highest BCUT2D eigenvalue weighted by molar-refractivity contribution is 5.57. The topological polar surface area (TPSA) is 75.6 Å². The Labute approximate surface area is 92.7 Å². The van der Waals surface area contributed by atoms with Gasteiger partial charge in [0.05, 0.1) is 6.07 Å². The Hall–Kier alpha value is -2.22. The number of hydrogen-bond donors (Lipinski definition) is 0. The minimum atomic E-state index is 0.386. The summed E-state index contributed by atoms with van der Waals surface area (Å²) >= 11 is 0. The van der Waals surface area contributed by atoms with E-state index < -0.39 is 0 Å². The largest absolute Gasteiger partial charge is 0.339 e. The molecule has 16 heavy (non-hydrogen) atoms. The zero-order valence-corrected chi connectivity index (χ0v) is 8.84. The lowest BCUT2D eigenvalue weighted by atomic mass is 10.1. The predicted molar refractivity (Wildman–Crippen MR) is 56.2 cm³/mol. The van der Waals surface area contributed by atoms with Crippen molar-refractivity contribution >= 4 is 0 Å². The van der Waals surface area contributed by atoms with Gasteiger partial charge in [-0.25, -0.2) is 0 Å². The van der Waals surface area contributed by atoms with Gasteiger partial charge >= 0.3 is 0 Å². The molecule has 0 fully saturated rings. The average Bonchev–Trinajstić information content (AvgIpc) is 2.75. The second kappa shape index (κ2) is 4.53. The number of hydrogen-bond acceptors (Lipinski definition) is 5. The summed E-state index contributed by atoms with van der Waals surface area (Å²) in [7, 11) is 0. The summed E-state index contributed by atoms with van der Waals surface area (Å²) < 4.78 is 5.04. The van der Waals surface area contributed by atoms with E-state index in [1.807, 2.05) is 19.1 Å². The van der Waals surface area contributed by atoms with E-state index in [-0.39, 0.29) is 0 Å². The highest BCUT2D eigenvalue weighted by atomic mass is 16.5. The molecule has 0 atom stereocenters. The molecule has 0 saturated carbocycles. The van der Waals surface area contributed by atoms with Crippen molar-refractivity contribution in [3.63, 3.8) is 0 Å². The molecule has 0 bridgehead atoms. The second-order valence-corrected chi connectivity index (χ2v) is 3.36. The summed E-state index contributed by atoms with van der Waals surface area (Å²) in [4.78, 5) is 8.22. The van der Waals surface area contributed by atoms with E-state index in [4.69, 9.17) is 9.78 Å². The van der Waals surface area contributed by atoms with Crippen LogP contribution < -0.4 is 0 Å². The molecule has 2 aromatic heterocycles. The molecule has 5 heteroatoms. The SMILES string of the molecule is Cc1cnccc1-c1noc(CCC#N)n1. The van der Waals surface area contributed by atoms with Crippen molar-refractivity contribution in [2.75, 3.05) is 0 Å². The van der Waals surface area contributed by atoms with Crippen LogP contribution in [0.3, 0.4) is 0 Å². The Morgan fingerprint density at radius 3 is 3.12 bits per heavy atom. The fourth-order valence-corrected chi connectivity index (χ4v) is 1.35. The van der Waals surface area contributed by atoms with E-state index in [1.54, 1.807) is 12.4 Å². The fraction of sp³-hybridized carbons (Fsp3) is 0.273. The van der Waals surface area contributed by atoms with E-state index in [9.17, 15) is 0 Å². The van der Waals surface area contributed by atoms with Gasteiger partial charge in [0.2, 0.25) is 11.7 Å². The molecule has 0 aliphatic heterocycles. The number of aromatic nitrogens is 3. The van der Waals surface area contributed by atoms with E-state index in [1.165, 1.54) is 0 Å². The Balaban J connectivity index is 2.26. The van der Waals surface area contributed by atoms with Gasteiger partial charge in [-0.2, -0.15) is 10.2 Å². The summed E-state index contributed by atoms with van der Waals surface area (Å²) in [5.41, 5.74) is 1.90. The van der Waals surface area contributed by atoms with Crippen LogP contribution in [0.15, 0.2) is 23.0 Å². The lowest BCUT2D eigenvalue weighted by molar-refractivity contribution is 0.380. The van der Waals surface area contributed by atoms with Gasteiger partial charge in [0.15, 0.2) is 0 Å². The minimum Gasteiger partial charge on any atom is -0.339 e. The Morgan fingerprint density at radius 2 is 2.38 bits per heavy atom. The highest BCUT2D eigenvalue weighted by Gasteiger charge is 2.09. The zero-order chi connectivity index (χ0) is 11.4. The van der Waals surface area contributed by atoms with Crippen LogP contribution in [0.4, 0.5) is 0 Å². The van der Waals surface area contributed by atoms with Gasteiger partial charge in [0.1, 0.15) is 0 Å². The lowest BCUT2D eigenvalue weighted by Gasteiger charge is -1.97. The first-order valence-electron chi connectivity index (χ1n) is 4.92. The van der Waals surface area contributed by atoms with Crippen molar-refractivity contribution in [3.8, 4) is 17.5 Å². The average molecular weight is 214 g/mol. The molecular formula is C11H10N4O. The summed E-state index contributed by atoms with van der Waals surface area (Å²) in [5, 5.41) is 12.3. The van der Waals surface area contributed by atoms with Gasteiger partial charge in [-0.15, -0.1) is 0 Å². The molecule has 2 heterocycles. The van der Waals surface area contributed by atoms with Crippen LogP contribution in [0, 0.1) is 18.3 Å². The van der Waals surface area contributed by atoms with Crippen molar-refractivity contribution < 1.29 is 4.52 Å². The highest BCUT2D eigenvalue weighted by Crippen LogP contribution is 2.18. The van der Waals surface area contributed by atoms with Crippen LogP contribution in [-0.4, -0.2) is 15.1 Å². The molecule has 2 rings (SSSR count). The van der Waals surface area contributed by atoms with Gasteiger partial charge < -0.3 is 4.52 Å².